The second-order valence-electron chi connectivity index (χ2n) is 4.81. The topological polar surface area (TPSA) is 32.0 Å². The monoisotopic (exact) mass is 289 g/mol. The van der Waals surface area contributed by atoms with Crippen LogP contribution in [0.15, 0.2) is 30.5 Å². The van der Waals surface area contributed by atoms with Gasteiger partial charge in [-0.15, -0.1) is 0 Å². The Bertz CT molecular complexity index is 773. The van der Waals surface area contributed by atoms with Crippen molar-refractivity contribution in [2.24, 2.45) is 7.05 Å². The van der Waals surface area contributed by atoms with E-state index in [9.17, 15) is 0 Å². The summed E-state index contributed by atoms with van der Waals surface area (Å²) in [5.41, 5.74) is 2.99. The number of nitrogens with zero attached hydrogens (tertiary/aromatic N) is 3. The van der Waals surface area contributed by atoms with Crippen LogP contribution in [0.5, 0.6) is 5.75 Å². The number of fused-ring (bicyclic) bond motifs is 1. The molecule has 0 atom stereocenters. The highest BCUT2D eigenvalue weighted by Crippen LogP contribution is 2.28. The lowest BCUT2D eigenvalue weighted by Crippen LogP contribution is -2.05. The maximum absolute atomic E-state index is 6.32. The van der Waals surface area contributed by atoms with Gasteiger partial charge in [0.1, 0.15) is 5.75 Å². The molecule has 0 amide bonds. The third-order valence-corrected chi connectivity index (χ3v) is 4.07. The zero-order chi connectivity index (χ0) is 14.3. The summed E-state index contributed by atoms with van der Waals surface area (Å²) in [6.45, 7) is 2.61. The van der Waals surface area contributed by atoms with Gasteiger partial charge in [0.05, 0.1) is 35.6 Å². The van der Waals surface area contributed by atoms with Crippen molar-refractivity contribution in [1.29, 1.82) is 0 Å². The van der Waals surface area contributed by atoms with Crippen molar-refractivity contribution in [3.05, 3.63) is 46.9 Å². The van der Waals surface area contributed by atoms with Crippen LogP contribution in [0.25, 0.3) is 10.9 Å². The molecule has 1 aromatic carbocycles. The average Bonchev–Trinajstić information content (AvgIpc) is 2.96. The van der Waals surface area contributed by atoms with Crippen molar-refractivity contribution in [1.82, 2.24) is 14.3 Å². The molecule has 0 aliphatic carbocycles. The maximum atomic E-state index is 6.32. The van der Waals surface area contributed by atoms with Gasteiger partial charge in [0, 0.05) is 18.6 Å². The number of aromatic nitrogens is 3. The number of benzene rings is 1. The van der Waals surface area contributed by atoms with Crippen LogP contribution in [0, 0.1) is 6.92 Å². The van der Waals surface area contributed by atoms with Crippen molar-refractivity contribution >= 4 is 22.5 Å². The highest BCUT2D eigenvalue weighted by molar-refractivity contribution is 6.31. The molecular formula is C15H16ClN3O. The van der Waals surface area contributed by atoms with Gasteiger partial charge in [-0.25, -0.2) is 0 Å². The summed E-state index contributed by atoms with van der Waals surface area (Å²) < 4.78 is 9.38. The first kappa shape index (κ1) is 13.1. The van der Waals surface area contributed by atoms with Crippen molar-refractivity contribution in [2.75, 3.05) is 7.11 Å². The molecule has 0 aliphatic rings. The molecule has 2 heterocycles. The van der Waals surface area contributed by atoms with Crippen LogP contribution in [0.2, 0.25) is 5.02 Å². The van der Waals surface area contributed by atoms with Gasteiger partial charge < -0.3 is 9.30 Å². The summed E-state index contributed by atoms with van der Waals surface area (Å²) in [5.74, 6) is 0.883. The zero-order valence-corrected chi connectivity index (χ0v) is 12.5. The summed E-state index contributed by atoms with van der Waals surface area (Å²) in [7, 11) is 3.61. The van der Waals surface area contributed by atoms with Crippen LogP contribution in [-0.2, 0) is 13.6 Å². The normalized spacial score (nSPS) is 11.2. The van der Waals surface area contributed by atoms with E-state index in [2.05, 4.69) is 21.8 Å². The van der Waals surface area contributed by atoms with Crippen molar-refractivity contribution in [3.8, 4) is 5.75 Å². The summed E-state index contributed by atoms with van der Waals surface area (Å²) in [4.78, 5) is 0. The largest absolute Gasteiger partial charge is 0.496 e. The number of aryl methyl sites for hydroxylation is 2. The molecule has 4 nitrogen and oxygen atoms in total. The van der Waals surface area contributed by atoms with Crippen molar-refractivity contribution in [3.63, 3.8) is 0 Å². The van der Waals surface area contributed by atoms with E-state index in [0.29, 0.717) is 6.54 Å². The Morgan fingerprint density at radius 3 is 2.75 bits per heavy atom. The molecule has 5 heteroatoms. The lowest BCUT2D eigenvalue weighted by atomic mass is 10.2. The Balaban J connectivity index is 2.07. The van der Waals surface area contributed by atoms with E-state index >= 15 is 0 Å². The second-order valence-corrected chi connectivity index (χ2v) is 5.18. The molecule has 20 heavy (non-hydrogen) atoms. The van der Waals surface area contributed by atoms with Gasteiger partial charge in [0.2, 0.25) is 0 Å². The van der Waals surface area contributed by atoms with Crippen LogP contribution in [-0.4, -0.2) is 21.5 Å². The first-order valence-electron chi connectivity index (χ1n) is 6.41. The summed E-state index contributed by atoms with van der Waals surface area (Å²) in [5, 5.41) is 6.19. The summed E-state index contributed by atoms with van der Waals surface area (Å²) >= 11 is 6.32. The standard InChI is InChI=1S/C15H16ClN3O/c1-10-15(16)13(18(2)17-10)9-19-8-7-11-12(19)5-4-6-14(11)20-3/h4-8H,9H2,1-3H3. The molecule has 0 aliphatic heterocycles. The average molecular weight is 290 g/mol. The molecule has 0 fully saturated rings. The Morgan fingerprint density at radius 2 is 2.10 bits per heavy atom. The van der Waals surface area contributed by atoms with Crippen LogP contribution >= 0.6 is 11.6 Å². The predicted molar refractivity (Wildman–Crippen MR) is 80.5 cm³/mol. The van der Waals surface area contributed by atoms with Gasteiger partial charge in [0.15, 0.2) is 0 Å². The molecule has 0 saturated heterocycles. The highest BCUT2D eigenvalue weighted by Gasteiger charge is 2.13. The molecule has 104 valence electrons. The molecule has 2 aromatic heterocycles. The third-order valence-electron chi connectivity index (χ3n) is 3.58. The molecule has 0 spiro atoms. The first-order valence-corrected chi connectivity index (χ1v) is 6.79. The first-order chi connectivity index (χ1) is 9.61. The molecule has 0 unspecified atom stereocenters. The van der Waals surface area contributed by atoms with Crippen molar-refractivity contribution < 1.29 is 4.74 Å². The molecule has 0 radical (unpaired) electrons. The number of rotatable bonds is 3. The van der Waals surface area contributed by atoms with Gasteiger partial charge in [-0.05, 0) is 25.1 Å². The zero-order valence-electron chi connectivity index (χ0n) is 11.7. The molecule has 0 N–H and O–H groups in total. The SMILES string of the molecule is COc1cccc2c1ccn2Cc1c(Cl)c(C)nn1C. The number of hydrogen-bond acceptors (Lipinski definition) is 2. The van der Waals surface area contributed by atoms with E-state index in [1.165, 1.54) is 0 Å². The van der Waals surface area contributed by atoms with Gasteiger partial charge in [0.25, 0.3) is 0 Å². The fourth-order valence-electron chi connectivity index (χ4n) is 2.52. The minimum Gasteiger partial charge on any atom is -0.496 e. The Kier molecular flexibility index (Phi) is 3.18. The smallest absolute Gasteiger partial charge is 0.128 e. The lowest BCUT2D eigenvalue weighted by molar-refractivity contribution is 0.420. The van der Waals surface area contributed by atoms with Crippen LogP contribution in [0.1, 0.15) is 11.4 Å². The number of hydrogen-bond donors (Lipinski definition) is 0. The van der Waals surface area contributed by atoms with Gasteiger partial charge in [-0.3, -0.25) is 4.68 Å². The fourth-order valence-corrected chi connectivity index (χ4v) is 2.74. The molecule has 0 bridgehead atoms. The fraction of sp³-hybridized carbons (Fsp3) is 0.267. The third kappa shape index (κ3) is 1.96. The van der Waals surface area contributed by atoms with Gasteiger partial charge in [-0.1, -0.05) is 17.7 Å². The minimum absolute atomic E-state index is 0.687. The number of ether oxygens (including phenoxy) is 1. The van der Waals surface area contributed by atoms with E-state index in [1.807, 2.05) is 37.0 Å². The number of methoxy groups -OCH3 is 1. The Labute approximate surface area is 122 Å². The minimum atomic E-state index is 0.687. The lowest BCUT2D eigenvalue weighted by Gasteiger charge is -2.08. The molecule has 3 rings (SSSR count). The van der Waals surface area contributed by atoms with E-state index in [1.54, 1.807) is 7.11 Å². The van der Waals surface area contributed by atoms with Gasteiger partial charge in [-0.2, -0.15) is 5.10 Å². The van der Waals surface area contributed by atoms with E-state index in [-0.39, 0.29) is 0 Å². The van der Waals surface area contributed by atoms with Crippen LogP contribution in [0.4, 0.5) is 0 Å². The molecule has 3 aromatic rings. The van der Waals surface area contributed by atoms with E-state index < -0.39 is 0 Å². The molecular weight excluding hydrogens is 274 g/mol. The van der Waals surface area contributed by atoms with E-state index in [0.717, 1.165) is 33.1 Å². The van der Waals surface area contributed by atoms with Crippen molar-refractivity contribution in [2.45, 2.75) is 13.5 Å². The Morgan fingerprint density at radius 1 is 1.30 bits per heavy atom. The quantitative estimate of drug-likeness (QED) is 0.740. The highest BCUT2D eigenvalue weighted by atomic mass is 35.5. The summed E-state index contributed by atoms with van der Waals surface area (Å²) in [6, 6.07) is 8.10. The van der Waals surface area contributed by atoms with Gasteiger partial charge >= 0.3 is 0 Å². The maximum Gasteiger partial charge on any atom is 0.128 e. The predicted octanol–water partition coefficient (Wildman–Crippen LogP) is 3.39. The second kappa shape index (κ2) is 4.87. The van der Waals surface area contributed by atoms with Crippen LogP contribution in [0.3, 0.4) is 0 Å². The molecule has 0 saturated carbocycles. The van der Waals surface area contributed by atoms with Crippen LogP contribution < -0.4 is 4.74 Å². The summed E-state index contributed by atoms with van der Waals surface area (Å²) in [6.07, 6.45) is 2.05. The number of halogens is 1. The van der Waals surface area contributed by atoms with E-state index in [4.69, 9.17) is 16.3 Å². The Hall–Kier alpha value is -1.94.